The number of anilines is 1. The van der Waals surface area contributed by atoms with Gasteiger partial charge >= 0.3 is 0 Å². The van der Waals surface area contributed by atoms with Gasteiger partial charge in [-0.3, -0.25) is 0 Å². The van der Waals surface area contributed by atoms with Gasteiger partial charge in [0.2, 0.25) is 11.8 Å². The van der Waals surface area contributed by atoms with Crippen molar-refractivity contribution in [3.8, 4) is 17.3 Å². The number of aromatic nitrogens is 4. The van der Waals surface area contributed by atoms with Crippen molar-refractivity contribution in [2.45, 2.75) is 6.92 Å². The van der Waals surface area contributed by atoms with Gasteiger partial charge in [0.1, 0.15) is 5.69 Å². The molecule has 0 aromatic carbocycles. The maximum atomic E-state index is 5.16. The summed E-state index contributed by atoms with van der Waals surface area (Å²) in [6.07, 6.45) is 3.18. The highest BCUT2D eigenvalue weighted by molar-refractivity contribution is 5.61. The van der Waals surface area contributed by atoms with E-state index in [9.17, 15) is 0 Å². The number of nitrogens with zero attached hydrogens (tertiary/aromatic N) is 4. The first-order valence-electron chi connectivity index (χ1n) is 5.13. The Balaban J connectivity index is 2.55. The number of hydrogen-bond donors (Lipinski definition) is 1. The molecule has 88 valence electrons. The summed E-state index contributed by atoms with van der Waals surface area (Å²) in [7, 11) is 3.33. The fourth-order valence-corrected chi connectivity index (χ4v) is 1.45. The van der Waals surface area contributed by atoms with Crippen LogP contribution >= 0.6 is 0 Å². The average Bonchev–Trinajstić information content (AvgIpc) is 2.37. The Hall–Kier alpha value is -2.24. The molecule has 0 saturated carbocycles. The molecule has 2 aromatic heterocycles. The molecule has 6 nitrogen and oxygen atoms in total. The largest absolute Gasteiger partial charge is 0.479 e. The van der Waals surface area contributed by atoms with Gasteiger partial charge in [-0.1, -0.05) is 0 Å². The summed E-state index contributed by atoms with van der Waals surface area (Å²) >= 11 is 0. The van der Waals surface area contributed by atoms with Crippen LogP contribution in [0.3, 0.4) is 0 Å². The maximum Gasteiger partial charge on any atom is 0.241 e. The summed E-state index contributed by atoms with van der Waals surface area (Å²) in [6.45, 7) is 1.90. The van der Waals surface area contributed by atoms with Crippen molar-refractivity contribution in [2.24, 2.45) is 0 Å². The number of aryl methyl sites for hydroxylation is 1. The summed E-state index contributed by atoms with van der Waals surface area (Å²) in [5, 5.41) is 2.90. The van der Waals surface area contributed by atoms with Crippen molar-refractivity contribution >= 4 is 5.95 Å². The van der Waals surface area contributed by atoms with Crippen LogP contribution in [0.1, 0.15) is 5.69 Å². The molecule has 17 heavy (non-hydrogen) atoms. The van der Waals surface area contributed by atoms with Crippen LogP contribution in [0, 0.1) is 6.92 Å². The molecule has 0 aliphatic carbocycles. The molecule has 2 aromatic rings. The third-order valence-corrected chi connectivity index (χ3v) is 2.18. The Bertz CT molecular complexity index is 529. The Morgan fingerprint density at radius 3 is 2.65 bits per heavy atom. The lowest BCUT2D eigenvalue weighted by molar-refractivity contribution is 0.397. The van der Waals surface area contributed by atoms with Crippen molar-refractivity contribution in [3.05, 3.63) is 24.2 Å². The number of hydrogen-bond acceptors (Lipinski definition) is 6. The number of rotatable bonds is 3. The minimum absolute atomic E-state index is 0.452. The Morgan fingerprint density at radius 1 is 1.18 bits per heavy atom. The molecule has 0 aliphatic heterocycles. The maximum absolute atomic E-state index is 5.16. The van der Waals surface area contributed by atoms with Gasteiger partial charge in [0, 0.05) is 25.1 Å². The molecule has 0 amide bonds. The smallest absolute Gasteiger partial charge is 0.241 e. The first kappa shape index (κ1) is 11.3. The molecule has 2 heterocycles. The first-order chi connectivity index (χ1) is 8.24. The number of ether oxygens (including phenoxy) is 1. The SMILES string of the molecule is CNc1nc(C)cc(-c2nccnc2OC)n1. The zero-order valence-electron chi connectivity index (χ0n) is 9.93. The highest BCUT2D eigenvalue weighted by Crippen LogP contribution is 2.24. The summed E-state index contributed by atoms with van der Waals surface area (Å²) < 4.78 is 5.16. The topological polar surface area (TPSA) is 72.8 Å². The van der Waals surface area contributed by atoms with E-state index in [1.807, 2.05) is 13.0 Å². The number of nitrogens with one attached hydrogen (secondary N) is 1. The normalized spacial score (nSPS) is 10.1. The van der Waals surface area contributed by atoms with Crippen molar-refractivity contribution in [2.75, 3.05) is 19.5 Å². The van der Waals surface area contributed by atoms with E-state index in [-0.39, 0.29) is 0 Å². The van der Waals surface area contributed by atoms with Crippen LogP contribution in [-0.2, 0) is 0 Å². The van der Waals surface area contributed by atoms with Gasteiger partial charge in [0.25, 0.3) is 0 Å². The molecule has 0 bridgehead atoms. The predicted molar refractivity (Wildman–Crippen MR) is 63.9 cm³/mol. The lowest BCUT2D eigenvalue weighted by atomic mass is 10.2. The molecular weight excluding hydrogens is 218 g/mol. The fraction of sp³-hybridized carbons (Fsp3) is 0.273. The zero-order chi connectivity index (χ0) is 12.3. The third-order valence-electron chi connectivity index (χ3n) is 2.18. The monoisotopic (exact) mass is 231 g/mol. The summed E-state index contributed by atoms with van der Waals surface area (Å²) in [4.78, 5) is 16.9. The second-order valence-corrected chi connectivity index (χ2v) is 3.38. The van der Waals surface area contributed by atoms with E-state index in [1.54, 1.807) is 26.6 Å². The predicted octanol–water partition coefficient (Wildman–Crippen LogP) is 1.29. The van der Waals surface area contributed by atoms with Gasteiger partial charge in [0.15, 0.2) is 5.69 Å². The van der Waals surface area contributed by atoms with Crippen LogP contribution in [0.2, 0.25) is 0 Å². The highest BCUT2D eigenvalue weighted by atomic mass is 16.5. The van der Waals surface area contributed by atoms with Gasteiger partial charge in [-0.2, -0.15) is 0 Å². The van der Waals surface area contributed by atoms with Gasteiger partial charge < -0.3 is 10.1 Å². The molecule has 0 spiro atoms. The second-order valence-electron chi connectivity index (χ2n) is 3.38. The molecule has 0 saturated heterocycles. The van der Waals surface area contributed by atoms with E-state index in [4.69, 9.17) is 4.74 Å². The van der Waals surface area contributed by atoms with E-state index in [1.165, 1.54) is 0 Å². The minimum atomic E-state index is 0.452. The summed E-state index contributed by atoms with van der Waals surface area (Å²) in [6, 6.07) is 1.84. The van der Waals surface area contributed by atoms with Crippen molar-refractivity contribution in [1.82, 2.24) is 19.9 Å². The minimum Gasteiger partial charge on any atom is -0.479 e. The lowest BCUT2D eigenvalue weighted by Crippen LogP contribution is -2.01. The zero-order valence-corrected chi connectivity index (χ0v) is 9.93. The summed E-state index contributed by atoms with van der Waals surface area (Å²) in [5.41, 5.74) is 2.15. The van der Waals surface area contributed by atoms with Crippen LogP contribution in [0.4, 0.5) is 5.95 Å². The van der Waals surface area contributed by atoms with Gasteiger partial charge in [0.05, 0.1) is 7.11 Å². The molecule has 0 atom stereocenters. The van der Waals surface area contributed by atoms with Gasteiger partial charge in [-0.15, -0.1) is 0 Å². The van der Waals surface area contributed by atoms with E-state index < -0.39 is 0 Å². The van der Waals surface area contributed by atoms with E-state index >= 15 is 0 Å². The fourth-order valence-electron chi connectivity index (χ4n) is 1.45. The van der Waals surface area contributed by atoms with Gasteiger partial charge in [-0.05, 0) is 13.0 Å². The van der Waals surface area contributed by atoms with E-state index in [2.05, 4.69) is 25.3 Å². The molecule has 1 N–H and O–H groups in total. The average molecular weight is 231 g/mol. The molecule has 0 aliphatic rings. The molecule has 6 heteroatoms. The van der Waals surface area contributed by atoms with Gasteiger partial charge in [-0.25, -0.2) is 19.9 Å². The quantitative estimate of drug-likeness (QED) is 0.858. The highest BCUT2D eigenvalue weighted by Gasteiger charge is 2.11. The second kappa shape index (κ2) is 4.73. The van der Waals surface area contributed by atoms with Crippen LogP contribution in [0.25, 0.3) is 11.4 Å². The van der Waals surface area contributed by atoms with E-state index in [0.29, 0.717) is 23.2 Å². The molecule has 0 unspecified atom stereocenters. The van der Waals surface area contributed by atoms with E-state index in [0.717, 1.165) is 5.69 Å². The van der Waals surface area contributed by atoms with Crippen molar-refractivity contribution in [3.63, 3.8) is 0 Å². The van der Waals surface area contributed by atoms with Crippen LogP contribution < -0.4 is 10.1 Å². The third kappa shape index (κ3) is 2.30. The van der Waals surface area contributed by atoms with Crippen LogP contribution in [-0.4, -0.2) is 34.1 Å². The van der Waals surface area contributed by atoms with Crippen LogP contribution in [0.5, 0.6) is 5.88 Å². The lowest BCUT2D eigenvalue weighted by Gasteiger charge is -2.07. The standard InChI is InChI=1S/C11H13N5O/c1-7-6-8(16-11(12-2)15-7)9-10(17-3)14-5-4-13-9/h4-6H,1-3H3,(H,12,15,16). The van der Waals surface area contributed by atoms with Crippen molar-refractivity contribution < 1.29 is 4.74 Å². The number of methoxy groups -OCH3 is 1. The first-order valence-corrected chi connectivity index (χ1v) is 5.13. The van der Waals surface area contributed by atoms with Crippen molar-refractivity contribution in [1.29, 1.82) is 0 Å². The summed E-state index contributed by atoms with van der Waals surface area (Å²) in [5.74, 6) is 1.00. The Kier molecular flexibility index (Phi) is 3.13. The van der Waals surface area contributed by atoms with Crippen LogP contribution in [0.15, 0.2) is 18.5 Å². The Morgan fingerprint density at radius 2 is 1.94 bits per heavy atom. The molecule has 2 rings (SSSR count). The Labute approximate surface area is 99.1 Å². The molecule has 0 radical (unpaired) electrons. The molecule has 0 fully saturated rings. The molecular formula is C11H13N5O.